The lowest BCUT2D eigenvalue weighted by molar-refractivity contribution is -0.122. The molecule has 0 aliphatic carbocycles. The molecule has 0 radical (unpaired) electrons. The second kappa shape index (κ2) is 8.34. The first kappa shape index (κ1) is 23.0. The number of para-hydroxylation sites is 1. The molecule has 1 N–H and O–H groups in total. The Balaban J connectivity index is 1.62. The summed E-state index contributed by atoms with van der Waals surface area (Å²) in [6, 6.07) is 18.5. The Morgan fingerprint density at radius 3 is 2.35 bits per heavy atom. The predicted molar refractivity (Wildman–Crippen MR) is 140 cm³/mol. The Bertz CT molecular complexity index is 1480. The molecule has 4 unspecified atom stereocenters. The SMILES string of the molecule is COc1ccc(C(=O)C2C(C(C)=O)N3c4ccc(OC)cc4C=CC3C23C(=O)Nc2ccccc23)cc1. The zero-order chi connectivity index (χ0) is 25.9. The van der Waals surface area contributed by atoms with Crippen molar-refractivity contribution in [2.45, 2.75) is 24.4 Å². The summed E-state index contributed by atoms with van der Waals surface area (Å²) in [5.74, 6) is -0.362. The van der Waals surface area contributed by atoms with Gasteiger partial charge in [-0.15, -0.1) is 0 Å². The number of hydrogen-bond acceptors (Lipinski definition) is 6. The van der Waals surface area contributed by atoms with E-state index in [1.54, 1.807) is 38.5 Å². The van der Waals surface area contributed by atoms with Crippen molar-refractivity contribution in [1.82, 2.24) is 0 Å². The summed E-state index contributed by atoms with van der Waals surface area (Å²) < 4.78 is 10.7. The first-order valence-electron chi connectivity index (χ1n) is 12.2. The Morgan fingerprint density at radius 1 is 0.946 bits per heavy atom. The molecule has 3 heterocycles. The van der Waals surface area contributed by atoms with Crippen molar-refractivity contribution in [3.63, 3.8) is 0 Å². The number of nitrogens with one attached hydrogen (secondary N) is 1. The van der Waals surface area contributed by atoms with Crippen molar-refractivity contribution >= 4 is 34.9 Å². The van der Waals surface area contributed by atoms with Gasteiger partial charge in [-0.05, 0) is 61.0 Å². The molecule has 3 aliphatic heterocycles. The molecule has 0 bridgehead atoms. The monoisotopic (exact) mass is 494 g/mol. The minimum atomic E-state index is -1.29. The molecule has 4 atom stereocenters. The number of amides is 1. The lowest BCUT2D eigenvalue weighted by atomic mass is 9.64. The minimum absolute atomic E-state index is 0.178. The highest BCUT2D eigenvalue weighted by atomic mass is 16.5. The van der Waals surface area contributed by atoms with Crippen LogP contribution in [-0.4, -0.2) is 43.8 Å². The zero-order valence-corrected chi connectivity index (χ0v) is 20.7. The highest BCUT2D eigenvalue weighted by molar-refractivity contribution is 6.16. The molecule has 0 saturated carbocycles. The Morgan fingerprint density at radius 2 is 1.65 bits per heavy atom. The molecule has 3 aromatic carbocycles. The summed E-state index contributed by atoms with van der Waals surface area (Å²) in [5, 5.41) is 3.02. The van der Waals surface area contributed by atoms with Gasteiger partial charge in [-0.2, -0.15) is 0 Å². The molecule has 37 heavy (non-hydrogen) atoms. The van der Waals surface area contributed by atoms with E-state index in [0.717, 1.165) is 16.8 Å². The molecular formula is C30H26N2O5. The van der Waals surface area contributed by atoms with Crippen LogP contribution >= 0.6 is 0 Å². The predicted octanol–water partition coefficient (Wildman–Crippen LogP) is 4.27. The number of ketones is 2. The maximum atomic E-state index is 14.4. The highest BCUT2D eigenvalue weighted by Crippen LogP contribution is 2.57. The molecule has 7 nitrogen and oxygen atoms in total. The number of fused-ring (bicyclic) bond motifs is 6. The average molecular weight is 495 g/mol. The lowest BCUT2D eigenvalue weighted by Crippen LogP contribution is -2.51. The van der Waals surface area contributed by atoms with Gasteiger partial charge < -0.3 is 19.7 Å². The molecule has 6 rings (SSSR count). The molecule has 186 valence electrons. The fraction of sp³-hybridized carbons (Fsp3) is 0.233. The first-order chi connectivity index (χ1) is 17.9. The number of Topliss-reactive ketones (excluding diaryl/α,β-unsaturated/α-hetero) is 2. The normalized spacial score (nSPS) is 24.8. The molecule has 1 spiro atoms. The number of benzene rings is 3. The van der Waals surface area contributed by atoms with Gasteiger partial charge in [0, 0.05) is 22.5 Å². The van der Waals surface area contributed by atoms with Crippen LogP contribution in [0.25, 0.3) is 6.08 Å². The number of hydrogen-bond donors (Lipinski definition) is 1. The summed E-state index contributed by atoms with van der Waals surface area (Å²) in [6.45, 7) is 1.50. The van der Waals surface area contributed by atoms with Gasteiger partial charge in [0.05, 0.1) is 32.2 Å². The van der Waals surface area contributed by atoms with Crippen molar-refractivity contribution in [3.8, 4) is 11.5 Å². The van der Waals surface area contributed by atoms with Gasteiger partial charge in [0.25, 0.3) is 0 Å². The van der Waals surface area contributed by atoms with E-state index in [1.165, 1.54) is 6.92 Å². The molecule has 7 heteroatoms. The van der Waals surface area contributed by atoms with Gasteiger partial charge in [0.1, 0.15) is 16.9 Å². The van der Waals surface area contributed by atoms with Gasteiger partial charge in [-0.3, -0.25) is 14.4 Å². The van der Waals surface area contributed by atoms with Crippen LogP contribution in [0.15, 0.2) is 72.8 Å². The molecule has 3 aliphatic rings. The summed E-state index contributed by atoms with van der Waals surface area (Å²) in [5.41, 5.74) is 2.17. The Kier molecular flexibility index (Phi) is 5.19. The van der Waals surface area contributed by atoms with E-state index in [4.69, 9.17) is 9.47 Å². The summed E-state index contributed by atoms with van der Waals surface area (Å²) in [7, 11) is 3.16. The number of nitrogens with zero attached hydrogens (tertiary/aromatic N) is 1. The van der Waals surface area contributed by atoms with Crippen molar-refractivity contribution in [2.24, 2.45) is 5.92 Å². The van der Waals surface area contributed by atoms with Crippen LogP contribution < -0.4 is 19.7 Å². The van der Waals surface area contributed by atoms with E-state index >= 15 is 0 Å². The van der Waals surface area contributed by atoms with Crippen molar-refractivity contribution in [1.29, 1.82) is 0 Å². The summed E-state index contributed by atoms with van der Waals surface area (Å²) >= 11 is 0. The molecule has 1 fully saturated rings. The van der Waals surface area contributed by atoms with Crippen molar-refractivity contribution in [2.75, 3.05) is 24.4 Å². The van der Waals surface area contributed by atoms with Crippen LogP contribution in [0.5, 0.6) is 11.5 Å². The van der Waals surface area contributed by atoms with Crippen LogP contribution in [0.1, 0.15) is 28.4 Å². The van der Waals surface area contributed by atoms with E-state index in [0.29, 0.717) is 22.7 Å². The molecular weight excluding hydrogens is 468 g/mol. The number of methoxy groups -OCH3 is 2. The van der Waals surface area contributed by atoms with Gasteiger partial charge in [0.15, 0.2) is 11.6 Å². The van der Waals surface area contributed by atoms with Crippen molar-refractivity contribution < 1.29 is 23.9 Å². The number of rotatable bonds is 5. The van der Waals surface area contributed by atoms with Crippen LogP contribution in [0.2, 0.25) is 0 Å². The summed E-state index contributed by atoms with van der Waals surface area (Å²) in [4.78, 5) is 43.9. The average Bonchev–Trinajstić information content (AvgIpc) is 3.40. The van der Waals surface area contributed by atoms with Crippen LogP contribution in [-0.2, 0) is 15.0 Å². The lowest BCUT2D eigenvalue weighted by Gasteiger charge is -2.37. The van der Waals surface area contributed by atoms with E-state index in [2.05, 4.69) is 5.32 Å². The van der Waals surface area contributed by atoms with Gasteiger partial charge in [0.2, 0.25) is 5.91 Å². The fourth-order valence-corrected chi connectivity index (χ4v) is 6.37. The maximum absolute atomic E-state index is 14.4. The van der Waals surface area contributed by atoms with Gasteiger partial charge in [-0.1, -0.05) is 30.4 Å². The molecule has 0 aromatic heterocycles. The third-order valence-electron chi connectivity index (χ3n) is 7.91. The number of anilines is 2. The highest BCUT2D eigenvalue weighted by Gasteiger charge is 2.69. The molecule has 3 aromatic rings. The Labute approximate surface area is 214 Å². The quantitative estimate of drug-likeness (QED) is 0.534. The largest absolute Gasteiger partial charge is 0.497 e. The van der Waals surface area contributed by atoms with Crippen LogP contribution in [0.4, 0.5) is 11.4 Å². The molecule has 1 saturated heterocycles. The minimum Gasteiger partial charge on any atom is -0.497 e. The molecule has 1 amide bonds. The second-order valence-electron chi connectivity index (χ2n) is 9.63. The van der Waals surface area contributed by atoms with E-state index < -0.39 is 23.4 Å². The number of ether oxygens (including phenoxy) is 2. The third-order valence-corrected chi connectivity index (χ3v) is 7.91. The number of carbonyl (C=O) groups excluding carboxylic acids is 3. The van der Waals surface area contributed by atoms with E-state index in [-0.39, 0.29) is 17.5 Å². The maximum Gasteiger partial charge on any atom is 0.238 e. The smallest absolute Gasteiger partial charge is 0.238 e. The van der Waals surface area contributed by atoms with E-state index in [9.17, 15) is 14.4 Å². The number of carbonyl (C=O) groups is 3. The van der Waals surface area contributed by atoms with Crippen LogP contribution in [0, 0.1) is 5.92 Å². The van der Waals surface area contributed by atoms with E-state index in [1.807, 2.05) is 59.5 Å². The summed E-state index contributed by atoms with van der Waals surface area (Å²) in [6.07, 6.45) is 3.90. The fourth-order valence-electron chi connectivity index (χ4n) is 6.37. The van der Waals surface area contributed by atoms with Crippen LogP contribution in [0.3, 0.4) is 0 Å². The third kappa shape index (κ3) is 3.10. The topological polar surface area (TPSA) is 84.9 Å². The Hall–Kier alpha value is -4.39. The first-order valence-corrected chi connectivity index (χ1v) is 12.2. The van der Waals surface area contributed by atoms with Gasteiger partial charge >= 0.3 is 0 Å². The van der Waals surface area contributed by atoms with Gasteiger partial charge in [-0.25, -0.2) is 0 Å². The van der Waals surface area contributed by atoms with Crippen molar-refractivity contribution in [3.05, 3.63) is 89.5 Å². The zero-order valence-electron chi connectivity index (χ0n) is 20.7. The second-order valence-corrected chi connectivity index (χ2v) is 9.63. The standard InChI is InChI=1S/C30H26N2O5/c1-17(33)27-26(28(34)18-8-11-20(36-2)12-9-18)30(22-6-4-5-7-23(22)31-29(30)35)25-15-10-19-16-21(37-3)13-14-24(19)32(25)27/h4-16,25-27H,1-3H3,(H,31,35).